The zero-order valence-electron chi connectivity index (χ0n) is 14.1. The molecule has 2 aromatic rings. The van der Waals surface area contributed by atoms with Gasteiger partial charge in [0.15, 0.2) is 0 Å². The quantitative estimate of drug-likeness (QED) is 0.774. The minimum absolute atomic E-state index is 0.241. The van der Waals surface area contributed by atoms with Crippen LogP contribution in [0.3, 0.4) is 0 Å². The summed E-state index contributed by atoms with van der Waals surface area (Å²) in [5, 5.41) is 3.59. The van der Waals surface area contributed by atoms with E-state index in [0.717, 1.165) is 18.7 Å². The Balaban J connectivity index is 2.04. The van der Waals surface area contributed by atoms with Crippen LogP contribution in [-0.4, -0.2) is 6.10 Å². The largest absolute Gasteiger partial charge is 0.490 e. The van der Waals surface area contributed by atoms with Gasteiger partial charge >= 0.3 is 0 Å². The van der Waals surface area contributed by atoms with Crippen LogP contribution in [0.2, 0.25) is 0 Å². The van der Waals surface area contributed by atoms with E-state index >= 15 is 0 Å². The molecule has 0 aliphatic rings. The van der Waals surface area contributed by atoms with Gasteiger partial charge in [-0.25, -0.2) is 0 Å². The molecule has 0 saturated heterocycles. The first kappa shape index (κ1) is 16.6. The van der Waals surface area contributed by atoms with Crippen LogP contribution in [0.5, 0.6) is 5.75 Å². The number of ether oxygens (including phenoxy) is 1. The molecule has 0 heterocycles. The van der Waals surface area contributed by atoms with Gasteiger partial charge in [0.1, 0.15) is 5.75 Å². The van der Waals surface area contributed by atoms with E-state index in [2.05, 4.69) is 75.5 Å². The standard InChI is InChI=1S/C20H27NO/c1-5-16(3)22-20-12-7-6-11-19(20)17(4)21-14-18-10-8-9-15(2)13-18/h6-13,16-17,21H,5,14H2,1-4H3. The number of rotatable bonds is 7. The molecule has 22 heavy (non-hydrogen) atoms. The number of benzene rings is 2. The van der Waals surface area contributed by atoms with Crippen molar-refractivity contribution in [3.8, 4) is 5.75 Å². The average molecular weight is 297 g/mol. The highest BCUT2D eigenvalue weighted by molar-refractivity contribution is 5.36. The molecule has 0 radical (unpaired) electrons. The Labute approximate surface area is 134 Å². The van der Waals surface area contributed by atoms with Gasteiger partial charge in [0.25, 0.3) is 0 Å². The topological polar surface area (TPSA) is 21.3 Å². The fourth-order valence-corrected chi connectivity index (χ4v) is 2.45. The average Bonchev–Trinajstić information content (AvgIpc) is 2.53. The van der Waals surface area contributed by atoms with Crippen LogP contribution in [0.1, 0.15) is 49.9 Å². The van der Waals surface area contributed by atoms with Crippen LogP contribution in [0.15, 0.2) is 48.5 Å². The van der Waals surface area contributed by atoms with E-state index in [-0.39, 0.29) is 12.1 Å². The van der Waals surface area contributed by atoms with E-state index in [1.165, 1.54) is 16.7 Å². The van der Waals surface area contributed by atoms with Gasteiger partial charge in [0, 0.05) is 18.2 Å². The highest BCUT2D eigenvalue weighted by Crippen LogP contribution is 2.26. The van der Waals surface area contributed by atoms with Crippen LogP contribution >= 0.6 is 0 Å². The number of para-hydroxylation sites is 1. The molecule has 0 aromatic heterocycles. The van der Waals surface area contributed by atoms with Crippen LogP contribution in [0.25, 0.3) is 0 Å². The van der Waals surface area contributed by atoms with Gasteiger partial charge in [-0.15, -0.1) is 0 Å². The molecule has 0 saturated carbocycles. The number of hydrogen-bond donors (Lipinski definition) is 1. The van der Waals surface area contributed by atoms with Crippen molar-refractivity contribution in [1.82, 2.24) is 5.32 Å². The lowest BCUT2D eigenvalue weighted by molar-refractivity contribution is 0.213. The first-order chi connectivity index (χ1) is 10.6. The summed E-state index contributed by atoms with van der Waals surface area (Å²) in [5.74, 6) is 0.987. The highest BCUT2D eigenvalue weighted by atomic mass is 16.5. The van der Waals surface area contributed by atoms with Crippen LogP contribution in [0, 0.1) is 6.92 Å². The monoisotopic (exact) mass is 297 g/mol. The maximum Gasteiger partial charge on any atom is 0.124 e. The fourth-order valence-electron chi connectivity index (χ4n) is 2.45. The van der Waals surface area contributed by atoms with E-state index in [4.69, 9.17) is 4.74 Å². The van der Waals surface area contributed by atoms with Crippen LogP contribution in [0.4, 0.5) is 0 Å². The SMILES string of the molecule is CCC(C)Oc1ccccc1C(C)NCc1cccc(C)c1. The molecule has 2 heteroatoms. The fraction of sp³-hybridized carbons (Fsp3) is 0.400. The van der Waals surface area contributed by atoms with Gasteiger partial charge in [0.05, 0.1) is 6.10 Å². The molecule has 0 bridgehead atoms. The molecule has 0 aliphatic heterocycles. The molecule has 2 atom stereocenters. The van der Waals surface area contributed by atoms with Crippen LogP contribution in [-0.2, 0) is 6.54 Å². The lowest BCUT2D eigenvalue weighted by Crippen LogP contribution is -2.20. The Bertz CT molecular complexity index is 594. The Morgan fingerprint density at radius 3 is 2.55 bits per heavy atom. The summed E-state index contributed by atoms with van der Waals surface area (Å²) in [6.07, 6.45) is 1.25. The minimum Gasteiger partial charge on any atom is -0.490 e. The summed E-state index contributed by atoms with van der Waals surface area (Å²) in [6, 6.07) is 17.2. The Hall–Kier alpha value is -1.80. The molecule has 2 nitrogen and oxygen atoms in total. The molecule has 0 fully saturated rings. The van der Waals surface area contributed by atoms with Gasteiger partial charge in [-0.3, -0.25) is 0 Å². The van der Waals surface area contributed by atoms with Gasteiger partial charge < -0.3 is 10.1 Å². The number of hydrogen-bond acceptors (Lipinski definition) is 2. The number of nitrogens with one attached hydrogen (secondary N) is 1. The van der Waals surface area contributed by atoms with E-state index in [9.17, 15) is 0 Å². The van der Waals surface area contributed by atoms with Crippen molar-refractivity contribution in [3.63, 3.8) is 0 Å². The van der Waals surface area contributed by atoms with Crippen molar-refractivity contribution in [3.05, 3.63) is 65.2 Å². The lowest BCUT2D eigenvalue weighted by Gasteiger charge is -2.21. The third-order valence-electron chi connectivity index (χ3n) is 3.98. The smallest absolute Gasteiger partial charge is 0.124 e. The third-order valence-corrected chi connectivity index (χ3v) is 3.98. The van der Waals surface area contributed by atoms with Crippen molar-refractivity contribution in [2.24, 2.45) is 0 Å². The lowest BCUT2D eigenvalue weighted by atomic mass is 10.1. The van der Waals surface area contributed by atoms with Gasteiger partial charge in [-0.05, 0) is 38.8 Å². The normalized spacial score (nSPS) is 13.6. The molecule has 0 aliphatic carbocycles. The van der Waals surface area contributed by atoms with Gasteiger partial charge in [0.2, 0.25) is 0 Å². The first-order valence-electron chi connectivity index (χ1n) is 8.14. The second-order valence-corrected chi connectivity index (χ2v) is 5.97. The Morgan fingerprint density at radius 2 is 1.82 bits per heavy atom. The minimum atomic E-state index is 0.241. The molecule has 2 rings (SSSR count). The third kappa shape index (κ3) is 4.60. The maximum absolute atomic E-state index is 6.05. The van der Waals surface area contributed by atoms with Crippen molar-refractivity contribution in [2.45, 2.75) is 52.8 Å². The van der Waals surface area contributed by atoms with E-state index in [1.807, 2.05) is 6.07 Å². The van der Waals surface area contributed by atoms with Gasteiger partial charge in [-0.2, -0.15) is 0 Å². The first-order valence-corrected chi connectivity index (χ1v) is 8.14. The van der Waals surface area contributed by atoms with E-state index in [1.54, 1.807) is 0 Å². The summed E-state index contributed by atoms with van der Waals surface area (Å²) in [6.45, 7) is 9.44. The number of aryl methyl sites for hydroxylation is 1. The predicted octanol–water partition coefficient (Wildman–Crippen LogP) is 5.02. The molecule has 1 N–H and O–H groups in total. The van der Waals surface area contributed by atoms with Crippen molar-refractivity contribution < 1.29 is 4.74 Å². The zero-order valence-corrected chi connectivity index (χ0v) is 14.1. The second-order valence-electron chi connectivity index (χ2n) is 5.97. The molecule has 2 unspecified atom stereocenters. The highest BCUT2D eigenvalue weighted by Gasteiger charge is 2.12. The summed E-state index contributed by atoms with van der Waals surface area (Å²) >= 11 is 0. The zero-order chi connectivity index (χ0) is 15.9. The van der Waals surface area contributed by atoms with E-state index in [0.29, 0.717) is 0 Å². The maximum atomic E-state index is 6.05. The summed E-state index contributed by atoms with van der Waals surface area (Å²) < 4.78 is 6.05. The Morgan fingerprint density at radius 1 is 1.05 bits per heavy atom. The van der Waals surface area contributed by atoms with Gasteiger partial charge in [-0.1, -0.05) is 55.0 Å². The van der Waals surface area contributed by atoms with Crippen molar-refractivity contribution in [2.75, 3.05) is 0 Å². The van der Waals surface area contributed by atoms with E-state index < -0.39 is 0 Å². The molecule has 2 aromatic carbocycles. The molecule has 118 valence electrons. The summed E-state index contributed by atoms with van der Waals surface area (Å²) in [5.41, 5.74) is 3.83. The Kier molecular flexibility index (Phi) is 6.02. The predicted molar refractivity (Wildman–Crippen MR) is 93.3 cm³/mol. The van der Waals surface area contributed by atoms with Crippen molar-refractivity contribution in [1.29, 1.82) is 0 Å². The summed E-state index contributed by atoms with van der Waals surface area (Å²) in [7, 11) is 0. The molecular weight excluding hydrogens is 270 g/mol. The molecular formula is C20H27NO. The molecule has 0 amide bonds. The van der Waals surface area contributed by atoms with Crippen molar-refractivity contribution >= 4 is 0 Å². The van der Waals surface area contributed by atoms with Crippen LogP contribution < -0.4 is 10.1 Å². The summed E-state index contributed by atoms with van der Waals surface area (Å²) in [4.78, 5) is 0. The second kappa shape index (κ2) is 8.00. The molecule has 0 spiro atoms.